The maximum absolute atomic E-state index is 6.36. The molecule has 0 spiro atoms. The van der Waals surface area contributed by atoms with Gasteiger partial charge in [0.15, 0.2) is 0 Å². The minimum atomic E-state index is 0.141. The minimum absolute atomic E-state index is 0.141. The van der Waals surface area contributed by atoms with Crippen LogP contribution >= 0.6 is 0 Å². The average molecular weight is 275 g/mol. The summed E-state index contributed by atoms with van der Waals surface area (Å²) in [5, 5.41) is 0. The number of nitrogens with two attached hydrogens (primary N) is 1. The second-order valence-corrected chi connectivity index (χ2v) is 6.36. The molecule has 3 heteroatoms. The van der Waals surface area contributed by atoms with Gasteiger partial charge in [-0.3, -0.25) is 4.90 Å². The summed E-state index contributed by atoms with van der Waals surface area (Å²) in [6.45, 7) is 10.1. The molecule has 20 heavy (non-hydrogen) atoms. The van der Waals surface area contributed by atoms with E-state index in [2.05, 4.69) is 61.9 Å². The predicted molar refractivity (Wildman–Crippen MR) is 85.9 cm³/mol. The van der Waals surface area contributed by atoms with Gasteiger partial charge in [-0.15, -0.1) is 0 Å². The van der Waals surface area contributed by atoms with Crippen LogP contribution in [0.15, 0.2) is 24.3 Å². The molecule has 112 valence electrons. The van der Waals surface area contributed by atoms with Crippen LogP contribution in [0.5, 0.6) is 0 Å². The second-order valence-electron chi connectivity index (χ2n) is 6.36. The molecule has 1 fully saturated rings. The maximum Gasteiger partial charge on any atom is 0.0502 e. The lowest BCUT2D eigenvalue weighted by Gasteiger charge is -2.38. The van der Waals surface area contributed by atoms with Crippen LogP contribution in [-0.2, 0) is 0 Å². The Bertz CT molecular complexity index is 430. The summed E-state index contributed by atoms with van der Waals surface area (Å²) < 4.78 is 0. The first-order chi connectivity index (χ1) is 9.50. The fraction of sp³-hybridized carbons (Fsp3) is 0.647. The second kappa shape index (κ2) is 6.70. The van der Waals surface area contributed by atoms with E-state index in [1.54, 1.807) is 0 Å². The first-order valence-electron chi connectivity index (χ1n) is 7.76. The van der Waals surface area contributed by atoms with E-state index in [9.17, 15) is 0 Å². The topological polar surface area (TPSA) is 32.5 Å². The molecule has 2 rings (SSSR count). The number of hydrogen-bond acceptors (Lipinski definition) is 3. The molecule has 3 nitrogen and oxygen atoms in total. The Balaban J connectivity index is 2.31. The summed E-state index contributed by atoms with van der Waals surface area (Å²) >= 11 is 0. The van der Waals surface area contributed by atoms with Crippen molar-refractivity contribution in [2.45, 2.75) is 45.3 Å². The number of aryl methyl sites for hydroxylation is 1. The van der Waals surface area contributed by atoms with Gasteiger partial charge in [0.2, 0.25) is 0 Å². The first kappa shape index (κ1) is 15.5. The highest BCUT2D eigenvalue weighted by Gasteiger charge is 2.30. The van der Waals surface area contributed by atoms with Crippen LogP contribution < -0.4 is 5.73 Å². The summed E-state index contributed by atoms with van der Waals surface area (Å²) in [5.41, 5.74) is 9.10. The third-order valence-electron chi connectivity index (χ3n) is 4.46. The van der Waals surface area contributed by atoms with Gasteiger partial charge >= 0.3 is 0 Å². The zero-order valence-corrected chi connectivity index (χ0v) is 13.3. The van der Waals surface area contributed by atoms with Crippen LogP contribution in [0.1, 0.15) is 37.4 Å². The van der Waals surface area contributed by atoms with Crippen molar-refractivity contribution in [1.29, 1.82) is 0 Å². The molecule has 2 N–H and O–H groups in total. The third kappa shape index (κ3) is 3.40. The molecular weight excluding hydrogens is 246 g/mol. The van der Waals surface area contributed by atoms with E-state index in [0.29, 0.717) is 12.1 Å². The van der Waals surface area contributed by atoms with Crippen molar-refractivity contribution in [2.24, 2.45) is 5.73 Å². The van der Waals surface area contributed by atoms with Crippen molar-refractivity contribution in [3.63, 3.8) is 0 Å². The van der Waals surface area contributed by atoms with E-state index in [1.165, 1.54) is 24.1 Å². The van der Waals surface area contributed by atoms with Crippen molar-refractivity contribution in [1.82, 2.24) is 9.80 Å². The highest BCUT2D eigenvalue weighted by molar-refractivity contribution is 5.30. The summed E-state index contributed by atoms with van der Waals surface area (Å²) in [6.07, 6.45) is 1.22. The summed E-state index contributed by atoms with van der Waals surface area (Å²) in [4.78, 5) is 5.04. The molecule has 0 saturated carbocycles. The van der Waals surface area contributed by atoms with Gasteiger partial charge in [-0.05, 0) is 51.9 Å². The summed E-state index contributed by atoms with van der Waals surface area (Å²) in [6, 6.07) is 9.67. The Morgan fingerprint density at radius 3 is 2.60 bits per heavy atom. The van der Waals surface area contributed by atoms with E-state index >= 15 is 0 Å². The monoisotopic (exact) mass is 275 g/mol. The average Bonchev–Trinajstić information content (AvgIpc) is 2.53. The lowest BCUT2D eigenvalue weighted by atomic mass is 9.94. The van der Waals surface area contributed by atoms with Gasteiger partial charge in [-0.1, -0.05) is 24.3 Å². The minimum Gasteiger partial charge on any atom is -0.326 e. The molecule has 3 unspecified atom stereocenters. The molecule has 0 aromatic heterocycles. The summed E-state index contributed by atoms with van der Waals surface area (Å²) in [5.74, 6) is 0. The predicted octanol–water partition coefficient (Wildman–Crippen LogP) is 2.41. The molecule has 1 aliphatic heterocycles. The normalized spacial score (nSPS) is 25.1. The molecule has 0 bridgehead atoms. The maximum atomic E-state index is 6.36. The highest BCUT2D eigenvalue weighted by Crippen LogP contribution is 2.29. The van der Waals surface area contributed by atoms with E-state index in [-0.39, 0.29) is 6.04 Å². The van der Waals surface area contributed by atoms with Gasteiger partial charge in [0, 0.05) is 25.2 Å². The first-order valence-corrected chi connectivity index (χ1v) is 7.76. The molecule has 1 heterocycles. The van der Waals surface area contributed by atoms with Crippen LogP contribution in [0.4, 0.5) is 0 Å². The third-order valence-corrected chi connectivity index (χ3v) is 4.46. The van der Waals surface area contributed by atoms with E-state index < -0.39 is 0 Å². The molecule has 1 aliphatic rings. The molecule has 0 radical (unpaired) electrons. The van der Waals surface area contributed by atoms with E-state index in [1.807, 2.05) is 0 Å². The Labute approximate surface area is 123 Å². The van der Waals surface area contributed by atoms with Crippen molar-refractivity contribution in [2.75, 3.05) is 26.7 Å². The van der Waals surface area contributed by atoms with Gasteiger partial charge in [0.1, 0.15) is 0 Å². The molecule has 0 aliphatic carbocycles. The number of nitrogens with zero attached hydrogens (tertiary/aromatic N) is 2. The standard InChI is InChI=1S/C17H29N3/c1-13-8-5-6-9-16(13)17(15(3)18)20-11-7-10-19(4)12-14(20)2/h5-6,8-9,14-15,17H,7,10-12,18H2,1-4H3. The quantitative estimate of drug-likeness (QED) is 0.919. The van der Waals surface area contributed by atoms with Gasteiger partial charge in [0.05, 0.1) is 6.04 Å². The van der Waals surface area contributed by atoms with Crippen LogP contribution in [0, 0.1) is 6.92 Å². The Morgan fingerprint density at radius 2 is 1.95 bits per heavy atom. The fourth-order valence-electron chi connectivity index (χ4n) is 3.49. The molecular formula is C17H29N3. The van der Waals surface area contributed by atoms with Crippen molar-refractivity contribution < 1.29 is 0 Å². The van der Waals surface area contributed by atoms with Crippen LogP contribution in [0.25, 0.3) is 0 Å². The number of hydrogen-bond donors (Lipinski definition) is 1. The van der Waals surface area contributed by atoms with Crippen LogP contribution in [0.3, 0.4) is 0 Å². The Hall–Kier alpha value is -0.900. The summed E-state index contributed by atoms with van der Waals surface area (Å²) in [7, 11) is 2.22. The van der Waals surface area contributed by atoms with Crippen LogP contribution in [-0.4, -0.2) is 48.6 Å². The van der Waals surface area contributed by atoms with Gasteiger partial charge in [-0.25, -0.2) is 0 Å². The van der Waals surface area contributed by atoms with Crippen molar-refractivity contribution in [3.8, 4) is 0 Å². The lowest BCUT2D eigenvalue weighted by molar-refractivity contribution is 0.126. The number of rotatable bonds is 3. The van der Waals surface area contributed by atoms with E-state index in [4.69, 9.17) is 5.73 Å². The molecule has 1 aromatic rings. The number of benzene rings is 1. The molecule has 3 atom stereocenters. The molecule has 0 amide bonds. The fourth-order valence-corrected chi connectivity index (χ4v) is 3.49. The Morgan fingerprint density at radius 1 is 1.25 bits per heavy atom. The zero-order chi connectivity index (χ0) is 14.7. The smallest absolute Gasteiger partial charge is 0.0502 e. The van der Waals surface area contributed by atoms with Gasteiger partial charge < -0.3 is 10.6 Å². The molecule has 1 saturated heterocycles. The van der Waals surface area contributed by atoms with Crippen molar-refractivity contribution in [3.05, 3.63) is 35.4 Å². The number of likely N-dealkylation sites (N-methyl/N-ethyl adjacent to an activating group) is 1. The SMILES string of the molecule is Cc1ccccc1C(C(C)N)N1CCCN(C)CC1C. The van der Waals surface area contributed by atoms with E-state index in [0.717, 1.165) is 13.1 Å². The van der Waals surface area contributed by atoms with Gasteiger partial charge in [0.25, 0.3) is 0 Å². The Kier molecular flexibility index (Phi) is 5.19. The van der Waals surface area contributed by atoms with Crippen molar-refractivity contribution >= 4 is 0 Å². The zero-order valence-electron chi connectivity index (χ0n) is 13.3. The van der Waals surface area contributed by atoms with Gasteiger partial charge in [-0.2, -0.15) is 0 Å². The lowest BCUT2D eigenvalue weighted by Crippen LogP contribution is -2.46. The van der Waals surface area contributed by atoms with Crippen LogP contribution in [0.2, 0.25) is 0 Å². The molecule has 1 aromatic carbocycles. The largest absolute Gasteiger partial charge is 0.326 e. The highest BCUT2D eigenvalue weighted by atomic mass is 15.3.